The summed E-state index contributed by atoms with van der Waals surface area (Å²) in [6, 6.07) is 8.42. The second-order valence-corrected chi connectivity index (χ2v) is 2.38. The predicted molar refractivity (Wildman–Crippen MR) is 45.8 cm³/mol. The fourth-order valence-electron chi connectivity index (χ4n) is 0.862. The second kappa shape index (κ2) is 4.20. The average Bonchev–Trinajstić information content (AvgIpc) is 2.15. The highest BCUT2D eigenvalue weighted by atomic mass is 16.7. The average molecular weight is 180 g/mol. The number of rotatable bonds is 4. The molecule has 0 amide bonds. The molecule has 0 atom stereocenters. The molecule has 1 aromatic carbocycles. The lowest BCUT2D eigenvalue weighted by Crippen LogP contribution is -2.28. The third kappa shape index (κ3) is 2.90. The molecule has 0 heterocycles. The van der Waals surface area contributed by atoms with E-state index in [-0.39, 0.29) is 12.3 Å². The Bertz CT molecular complexity index is 310. The molecule has 0 saturated heterocycles. The molecule has 0 unspecified atom stereocenters. The van der Waals surface area contributed by atoms with Gasteiger partial charge in [0.1, 0.15) is 6.54 Å². The Kier molecular flexibility index (Phi) is 2.97. The van der Waals surface area contributed by atoms with Crippen LogP contribution in [0.25, 0.3) is 0 Å². The summed E-state index contributed by atoms with van der Waals surface area (Å²) >= 11 is 0. The lowest BCUT2D eigenvalue weighted by atomic mass is 10.1. The molecule has 0 aliphatic carbocycles. The number of hydrazine groups is 1. The van der Waals surface area contributed by atoms with Crippen LogP contribution in [-0.2, 0) is 0 Å². The van der Waals surface area contributed by atoms with E-state index in [0.717, 1.165) is 0 Å². The van der Waals surface area contributed by atoms with E-state index in [1.165, 1.54) is 0 Å². The number of nitro groups is 1. The molecule has 68 valence electrons. The molecule has 0 spiro atoms. The number of carbonyl (C=O) groups excluding carboxylic acids is 1. The molecular weight excluding hydrogens is 172 g/mol. The fraction of sp³-hybridized carbons (Fsp3) is 0.125. The maximum atomic E-state index is 11.2. The summed E-state index contributed by atoms with van der Waals surface area (Å²) in [4.78, 5) is 21.1. The van der Waals surface area contributed by atoms with Gasteiger partial charge in [-0.25, -0.2) is 10.1 Å². The van der Waals surface area contributed by atoms with Gasteiger partial charge in [-0.2, -0.15) is 0 Å². The highest BCUT2D eigenvalue weighted by Crippen LogP contribution is 1.98. The van der Waals surface area contributed by atoms with Crippen LogP contribution in [0.2, 0.25) is 0 Å². The number of ketones is 1. The summed E-state index contributed by atoms with van der Waals surface area (Å²) in [6.45, 7) is -0.281. The summed E-state index contributed by atoms with van der Waals surface area (Å²) in [7, 11) is 0. The zero-order valence-electron chi connectivity index (χ0n) is 6.77. The molecule has 0 bridgehead atoms. The van der Waals surface area contributed by atoms with E-state index in [1.54, 1.807) is 30.3 Å². The first kappa shape index (κ1) is 9.18. The lowest BCUT2D eigenvalue weighted by molar-refractivity contribution is -0.541. The third-order valence-corrected chi connectivity index (χ3v) is 1.46. The van der Waals surface area contributed by atoms with E-state index in [2.05, 4.69) is 0 Å². The summed E-state index contributed by atoms with van der Waals surface area (Å²) < 4.78 is 0. The van der Waals surface area contributed by atoms with Gasteiger partial charge in [0.05, 0.1) is 0 Å². The van der Waals surface area contributed by atoms with Crippen molar-refractivity contribution >= 4 is 5.78 Å². The van der Waals surface area contributed by atoms with Crippen LogP contribution in [0.3, 0.4) is 0 Å². The van der Waals surface area contributed by atoms with Crippen LogP contribution in [0, 0.1) is 10.1 Å². The Labute approximate surface area is 74.5 Å². The maximum absolute atomic E-state index is 11.2. The normalized spacial score (nSPS) is 9.23. The first-order valence-corrected chi connectivity index (χ1v) is 3.66. The Morgan fingerprint density at radius 1 is 1.38 bits per heavy atom. The molecule has 13 heavy (non-hydrogen) atoms. The minimum atomic E-state index is -0.735. The Morgan fingerprint density at radius 2 is 2.00 bits per heavy atom. The lowest BCUT2D eigenvalue weighted by Gasteiger charge is -1.97. The maximum Gasteiger partial charge on any atom is 0.187 e. The summed E-state index contributed by atoms with van der Waals surface area (Å²) in [5, 5.41) is 9.14. The Morgan fingerprint density at radius 3 is 2.54 bits per heavy atom. The number of hydrogen-bond acceptors (Lipinski definition) is 3. The highest BCUT2D eigenvalue weighted by Gasteiger charge is 2.06. The number of Topliss-reactive ketones (excluding diaryl/α,β-unsaturated/α-hetero) is 1. The van der Waals surface area contributed by atoms with Crippen LogP contribution < -0.4 is 5.43 Å². The van der Waals surface area contributed by atoms with E-state index < -0.39 is 5.03 Å². The van der Waals surface area contributed by atoms with Crippen molar-refractivity contribution < 1.29 is 9.83 Å². The minimum absolute atomic E-state index is 0.281. The molecule has 0 fully saturated rings. The quantitative estimate of drug-likeness (QED) is 0.419. The van der Waals surface area contributed by atoms with Crippen LogP contribution in [0.15, 0.2) is 30.3 Å². The smallest absolute Gasteiger partial charge is 0.187 e. The molecule has 5 heteroatoms. The van der Waals surface area contributed by atoms with Gasteiger partial charge < -0.3 is 0 Å². The molecule has 1 N–H and O–H groups in total. The zero-order chi connectivity index (χ0) is 9.68. The molecule has 5 nitrogen and oxygen atoms in total. The summed E-state index contributed by atoms with van der Waals surface area (Å²) in [5.41, 5.74) is 2.29. The van der Waals surface area contributed by atoms with Crippen LogP contribution in [0.5, 0.6) is 0 Å². The van der Waals surface area contributed by atoms with Gasteiger partial charge in [0.2, 0.25) is 0 Å². The van der Waals surface area contributed by atoms with Gasteiger partial charge in [0, 0.05) is 5.56 Å². The number of carbonyl (C=O) groups is 1. The van der Waals surface area contributed by atoms with Crippen molar-refractivity contribution in [3.05, 3.63) is 46.0 Å². The SMILES string of the molecule is O=C(CN[N+](=O)[O-])c1ccccc1. The van der Waals surface area contributed by atoms with E-state index in [0.29, 0.717) is 5.56 Å². The van der Waals surface area contributed by atoms with Gasteiger partial charge in [0.25, 0.3) is 0 Å². The van der Waals surface area contributed by atoms with Crippen molar-refractivity contribution in [2.24, 2.45) is 0 Å². The summed E-state index contributed by atoms with van der Waals surface area (Å²) in [5.74, 6) is -0.294. The second-order valence-electron chi connectivity index (χ2n) is 2.38. The summed E-state index contributed by atoms with van der Waals surface area (Å²) in [6.07, 6.45) is 0. The highest BCUT2D eigenvalue weighted by molar-refractivity contribution is 5.97. The van der Waals surface area contributed by atoms with Gasteiger partial charge in [0.15, 0.2) is 10.8 Å². The number of nitrogens with zero attached hydrogens (tertiary/aromatic N) is 1. The van der Waals surface area contributed by atoms with E-state index in [4.69, 9.17) is 0 Å². The molecule has 0 radical (unpaired) electrons. The topological polar surface area (TPSA) is 72.2 Å². The fourth-order valence-corrected chi connectivity index (χ4v) is 0.862. The molecule has 1 rings (SSSR count). The van der Waals surface area contributed by atoms with Crippen molar-refractivity contribution in [1.82, 2.24) is 5.43 Å². The third-order valence-electron chi connectivity index (χ3n) is 1.46. The van der Waals surface area contributed by atoms with Crippen LogP contribution in [-0.4, -0.2) is 17.4 Å². The van der Waals surface area contributed by atoms with Gasteiger partial charge >= 0.3 is 0 Å². The largest absolute Gasteiger partial charge is 0.292 e. The van der Waals surface area contributed by atoms with Crippen molar-refractivity contribution in [2.75, 3.05) is 6.54 Å². The van der Waals surface area contributed by atoms with Crippen LogP contribution in [0.1, 0.15) is 10.4 Å². The molecule has 0 saturated carbocycles. The van der Waals surface area contributed by atoms with E-state index >= 15 is 0 Å². The van der Waals surface area contributed by atoms with Crippen molar-refractivity contribution in [3.8, 4) is 0 Å². The minimum Gasteiger partial charge on any atom is -0.292 e. The molecule has 0 aromatic heterocycles. The van der Waals surface area contributed by atoms with Crippen LogP contribution in [0.4, 0.5) is 0 Å². The number of benzene rings is 1. The first-order chi connectivity index (χ1) is 6.20. The van der Waals surface area contributed by atoms with Crippen molar-refractivity contribution in [2.45, 2.75) is 0 Å². The first-order valence-electron chi connectivity index (χ1n) is 3.66. The molecule has 0 aliphatic heterocycles. The zero-order valence-corrected chi connectivity index (χ0v) is 6.77. The molecular formula is C8H8N2O3. The van der Waals surface area contributed by atoms with Crippen molar-refractivity contribution in [1.29, 1.82) is 0 Å². The Hall–Kier alpha value is -1.91. The number of hydrogen-bond donors (Lipinski definition) is 1. The molecule has 0 aliphatic rings. The molecule has 1 aromatic rings. The van der Waals surface area contributed by atoms with Crippen LogP contribution >= 0.6 is 0 Å². The van der Waals surface area contributed by atoms with E-state index in [9.17, 15) is 14.9 Å². The monoisotopic (exact) mass is 180 g/mol. The number of nitrogens with one attached hydrogen (secondary N) is 1. The van der Waals surface area contributed by atoms with Gasteiger partial charge in [-0.3, -0.25) is 4.79 Å². The van der Waals surface area contributed by atoms with Crippen molar-refractivity contribution in [3.63, 3.8) is 0 Å². The standard InChI is InChI=1S/C8H8N2O3/c11-8(6-9-10(12)13)7-4-2-1-3-5-7/h1-5,9H,6H2. The van der Waals surface area contributed by atoms with Gasteiger partial charge in [-0.15, -0.1) is 5.43 Å². The van der Waals surface area contributed by atoms with Gasteiger partial charge in [-0.1, -0.05) is 30.3 Å². The van der Waals surface area contributed by atoms with Gasteiger partial charge in [-0.05, 0) is 0 Å². The predicted octanol–water partition coefficient (Wildman–Crippen LogP) is 0.651. The van der Waals surface area contributed by atoms with E-state index in [1.807, 2.05) is 5.43 Å². The Balaban J connectivity index is 2.54.